The van der Waals surface area contributed by atoms with Gasteiger partial charge in [0.2, 0.25) is 0 Å². The number of para-hydroxylation sites is 2. The van der Waals surface area contributed by atoms with Gasteiger partial charge in [0.15, 0.2) is 0 Å². The molecule has 3 rings (SSSR count). The number of nitrogens with one attached hydrogen (secondary N) is 1. The van der Waals surface area contributed by atoms with Gasteiger partial charge in [-0.25, -0.2) is 0 Å². The van der Waals surface area contributed by atoms with Crippen molar-refractivity contribution in [2.75, 3.05) is 30.3 Å². The summed E-state index contributed by atoms with van der Waals surface area (Å²) in [6.45, 7) is 2.96. The third kappa shape index (κ3) is 5.94. The van der Waals surface area contributed by atoms with Crippen LogP contribution in [-0.2, 0) is 5.75 Å². The Morgan fingerprint density at radius 1 is 0.654 bits per heavy atom. The summed E-state index contributed by atoms with van der Waals surface area (Å²) in [5.41, 5.74) is 3.87. The molecule has 0 spiro atoms. The molecule has 0 unspecified atom stereocenters. The zero-order valence-corrected chi connectivity index (χ0v) is 15.9. The fraction of sp³-hybridized carbons (Fsp3) is 0.217. The molecule has 0 saturated carbocycles. The fourth-order valence-electron chi connectivity index (χ4n) is 2.85. The van der Waals surface area contributed by atoms with Gasteiger partial charge in [-0.2, -0.15) is 11.8 Å². The molecule has 0 heterocycles. The highest BCUT2D eigenvalue weighted by molar-refractivity contribution is 7.98. The molecule has 0 aliphatic heterocycles. The number of hydrogen-bond acceptors (Lipinski definition) is 3. The molecule has 0 saturated heterocycles. The van der Waals surface area contributed by atoms with Gasteiger partial charge >= 0.3 is 0 Å². The van der Waals surface area contributed by atoms with Crippen molar-refractivity contribution in [2.24, 2.45) is 0 Å². The van der Waals surface area contributed by atoms with Crippen LogP contribution in [0.25, 0.3) is 0 Å². The minimum Gasteiger partial charge on any atom is -0.340 e. The molecule has 0 amide bonds. The number of rotatable bonds is 10. The molecular weight excluding hydrogens is 336 g/mol. The lowest BCUT2D eigenvalue weighted by Crippen LogP contribution is -2.30. The van der Waals surface area contributed by atoms with E-state index < -0.39 is 0 Å². The highest BCUT2D eigenvalue weighted by atomic mass is 32.2. The summed E-state index contributed by atoms with van der Waals surface area (Å²) in [4.78, 5) is 2.37. The van der Waals surface area contributed by atoms with Gasteiger partial charge in [0.25, 0.3) is 0 Å². The summed E-state index contributed by atoms with van der Waals surface area (Å²) in [6, 6.07) is 31.9. The van der Waals surface area contributed by atoms with Gasteiger partial charge in [0, 0.05) is 42.5 Å². The maximum absolute atomic E-state index is 3.58. The first kappa shape index (κ1) is 18.6. The van der Waals surface area contributed by atoms with Crippen LogP contribution in [0.1, 0.15) is 5.56 Å². The van der Waals surface area contributed by atoms with Crippen LogP contribution < -0.4 is 10.2 Å². The van der Waals surface area contributed by atoms with E-state index >= 15 is 0 Å². The van der Waals surface area contributed by atoms with Crippen molar-refractivity contribution in [3.63, 3.8) is 0 Å². The Hall–Kier alpha value is -2.23. The second kappa shape index (κ2) is 10.7. The Morgan fingerprint density at radius 2 is 1.19 bits per heavy atom. The zero-order chi connectivity index (χ0) is 17.9. The van der Waals surface area contributed by atoms with Crippen molar-refractivity contribution in [1.82, 2.24) is 5.32 Å². The van der Waals surface area contributed by atoms with Crippen LogP contribution in [0.3, 0.4) is 0 Å². The average molecular weight is 363 g/mol. The largest absolute Gasteiger partial charge is 0.340 e. The Morgan fingerprint density at radius 3 is 1.77 bits per heavy atom. The second-order valence-corrected chi connectivity index (χ2v) is 7.22. The molecule has 0 aliphatic carbocycles. The van der Waals surface area contributed by atoms with Gasteiger partial charge in [-0.3, -0.25) is 0 Å². The van der Waals surface area contributed by atoms with Gasteiger partial charge < -0.3 is 10.2 Å². The number of benzene rings is 3. The standard InChI is InChI=1S/C23H26N2S/c1-4-10-21(11-5-1)20-26-19-17-24-16-18-25(22-12-6-2-7-13-22)23-14-8-3-9-15-23/h1-15,24H,16-20H2. The normalized spacial score (nSPS) is 10.6. The third-order valence-electron chi connectivity index (χ3n) is 4.18. The van der Waals surface area contributed by atoms with E-state index in [1.165, 1.54) is 16.9 Å². The molecule has 0 aromatic heterocycles. The Kier molecular flexibility index (Phi) is 7.63. The molecule has 0 aliphatic rings. The van der Waals surface area contributed by atoms with Crippen LogP contribution in [0.15, 0.2) is 91.0 Å². The third-order valence-corrected chi connectivity index (χ3v) is 5.21. The smallest absolute Gasteiger partial charge is 0.0411 e. The van der Waals surface area contributed by atoms with Crippen LogP contribution in [0, 0.1) is 0 Å². The summed E-state index contributed by atoms with van der Waals surface area (Å²) in [7, 11) is 0. The van der Waals surface area contributed by atoms with Crippen molar-refractivity contribution in [1.29, 1.82) is 0 Å². The van der Waals surface area contributed by atoms with E-state index in [0.717, 1.165) is 31.1 Å². The second-order valence-electron chi connectivity index (χ2n) is 6.11. The lowest BCUT2D eigenvalue weighted by molar-refractivity contribution is 0.720. The summed E-state index contributed by atoms with van der Waals surface area (Å²) in [6.07, 6.45) is 0. The first-order valence-electron chi connectivity index (χ1n) is 9.13. The topological polar surface area (TPSA) is 15.3 Å². The monoisotopic (exact) mass is 362 g/mol. The molecule has 3 heteroatoms. The minimum absolute atomic E-state index is 0.956. The summed E-state index contributed by atoms with van der Waals surface area (Å²) >= 11 is 1.98. The van der Waals surface area contributed by atoms with E-state index in [1.807, 2.05) is 11.8 Å². The van der Waals surface area contributed by atoms with Crippen molar-refractivity contribution in [3.8, 4) is 0 Å². The van der Waals surface area contributed by atoms with Crippen molar-refractivity contribution < 1.29 is 0 Å². The molecule has 3 aromatic rings. The summed E-state index contributed by atoms with van der Waals surface area (Å²) in [5.74, 6) is 2.22. The molecule has 0 radical (unpaired) electrons. The average Bonchev–Trinajstić information content (AvgIpc) is 2.72. The maximum atomic E-state index is 3.58. The van der Waals surface area contributed by atoms with E-state index in [9.17, 15) is 0 Å². The Bertz CT molecular complexity index is 692. The van der Waals surface area contributed by atoms with Crippen LogP contribution in [0.5, 0.6) is 0 Å². The number of hydrogen-bond donors (Lipinski definition) is 1. The quantitative estimate of drug-likeness (QED) is 0.490. The van der Waals surface area contributed by atoms with Gasteiger partial charge in [-0.1, -0.05) is 66.7 Å². The van der Waals surface area contributed by atoms with Crippen LogP contribution in [-0.4, -0.2) is 25.4 Å². The van der Waals surface area contributed by atoms with Crippen LogP contribution >= 0.6 is 11.8 Å². The van der Waals surface area contributed by atoms with E-state index in [0.29, 0.717) is 0 Å². The van der Waals surface area contributed by atoms with Crippen molar-refractivity contribution in [2.45, 2.75) is 5.75 Å². The highest BCUT2D eigenvalue weighted by Crippen LogP contribution is 2.24. The molecule has 134 valence electrons. The van der Waals surface area contributed by atoms with Gasteiger partial charge in [0.05, 0.1) is 0 Å². The maximum Gasteiger partial charge on any atom is 0.0411 e. The minimum atomic E-state index is 0.956. The predicted octanol–water partition coefficient (Wildman–Crippen LogP) is 5.35. The molecule has 3 aromatic carbocycles. The molecule has 0 bridgehead atoms. The van der Waals surface area contributed by atoms with Crippen LogP contribution in [0.4, 0.5) is 11.4 Å². The molecule has 0 fully saturated rings. The Balaban J connectivity index is 1.42. The van der Waals surface area contributed by atoms with Gasteiger partial charge in [0.1, 0.15) is 0 Å². The fourth-order valence-corrected chi connectivity index (χ4v) is 3.71. The van der Waals surface area contributed by atoms with Crippen LogP contribution in [0.2, 0.25) is 0 Å². The number of anilines is 2. The number of thioether (sulfide) groups is 1. The first-order chi connectivity index (χ1) is 12.9. The lowest BCUT2D eigenvalue weighted by atomic mass is 10.2. The van der Waals surface area contributed by atoms with Crippen molar-refractivity contribution in [3.05, 3.63) is 96.6 Å². The summed E-state index contributed by atoms with van der Waals surface area (Å²) in [5, 5.41) is 3.58. The van der Waals surface area contributed by atoms with Crippen molar-refractivity contribution >= 4 is 23.1 Å². The van der Waals surface area contributed by atoms with E-state index in [4.69, 9.17) is 0 Å². The Labute approximate surface area is 161 Å². The molecule has 0 atom stereocenters. The van der Waals surface area contributed by atoms with E-state index in [1.54, 1.807) is 0 Å². The molecular formula is C23H26N2S. The van der Waals surface area contributed by atoms with E-state index in [-0.39, 0.29) is 0 Å². The van der Waals surface area contributed by atoms with E-state index in [2.05, 4.69) is 101 Å². The summed E-state index contributed by atoms with van der Waals surface area (Å²) < 4.78 is 0. The number of nitrogens with zero attached hydrogens (tertiary/aromatic N) is 1. The zero-order valence-electron chi connectivity index (χ0n) is 15.1. The van der Waals surface area contributed by atoms with Gasteiger partial charge in [-0.15, -0.1) is 0 Å². The predicted molar refractivity (Wildman–Crippen MR) is 115 cm³/mol. The highest BCUT2D eigenvalue weighted by Gasteiger charge is 2.07. The lowest BCUT2D eigenvalue weighted by Gasteiger charge is -2.25. The molecule has 1 N–H and O–H groups in total. The molecule has 26 heavy (non-hydrogen) atoms. The molecule has 2 nitrogen and oxygen atoms in total. The van der Waals surface area contributed by atoms with Gasteiger partial charge in [-0.05, 0) is 29.8 Å². The SMILES string of the molecule is c1ccc(CSCCNCCN(c2ccccc2)c2ccccc2)cc1. The first-order valence-corrected chi connectivity index (χ1v) is 10.3.